The molecule has 0 saturated carbocycles. The summed E-state index contributed by atoms with van der Waals surface area (Å²) in [5, 5.41) is 0. The van der Waals surface area contributed by atoms with E-state index in [4.69, 9.17) is 0 Å². The number of carbonyl (C=O) groups excluding carboxylic acids is 1. The molecule has 6 nitrogen and oxygen atoms in total. The van der Waals surface area contributed by atoms with Crippen molar-refractivity contribution in [3.8, 4) is 0 Å². The van der Waals surface area contributed by atoms with E-state index in [0.717, 1.165) is 0 Å². The van der Waals surface area contributed by atoms with Crippen LogP contribution in [0.4, 0.5) is 0 Å². The molecule has 0 fully saturated rings. The van der Waals surface area contributed by atoms with Gasteiger partial charge in [0.15, 0.2) is 0 Å². The smallest absolute Gasteiger partial charge is 0.354 e. The largest absolute Gasteiger partial charge is 0.464 e. The average molecular weight is 274 g/mol. The van der Waals surface area contributed by atoms with E-state index in [1.807, 2.05) is 6.92 Å². The summed E-state index contributed by atoms with van der Waals surface area (Å²) in [6, 6.07) is 1.15. The molecule has 0 spiro atoms. The van der Waals surface area contributed by atoms with Gasteiger partial charge in [0.2, 0.25) is 10.0 Å². The quantitative estimate of drug-likeness (QED) is 0.809. The van der Waals surface area contributed by atoms with Gasteiger partial charge >= 0.3 is 5.97 Å². The number of esters is 1. The number of aryl methyl sites for hydroxylation is 1. The Bertz CT molecular complexity index is 533. The summed E-state index contributed by atoms with van der Waals surface area (Å²) in [5.41, 5.74) is 0.196. The van der Waals surface area contributed by atoms with Gasteiger partial charge in [0.05, 0.1) is 7.11 Å². The predicted molar refractivity (Wildman–Crippen MR) is 66.8 cm³/mol. The maximum Gasteiger partial charge on any atom is 0.354 e. The van der Waals surface area contributed by atoms with Crippen LogP contribution in [0.25, 0.3) is 0 Å². The Kier molecular flexibility index (Phi) is 4.53. The van der Waals surface area contributed by atoms with Crippen molar-refractivity contribution in [3.05, 3.63) is 18.0 Å². The maximum atomic E-state index is 12.0. The van der Waals surface area contributed by atoms with E-state index in [0.29, 0.717) is 6.42 Å². The molecule has 1 aromatic rings. The molecule has 0 aliphatic carbocycles. The highest BCUT2D eigenvalue weighted by atomic mass is 32.2. The number of hydrogen-bond donors (Lipinski definition) is 1. The van der Waals surface area contributed by atoms with E-state index in [9.17, 15) is 13.2 Å². The molecule has 1 N–H and O–H groups in total. The minimum atomic E-state index is -3.59. The first-order chi connectivity index (χ1) is 8.31. The molecule has 18 heavy (non-hydrogen) atoms. The highest BCUT2D eigenvalue weighted by molar-refractivity contribution is 7.89. The second-order valence-electron chi connectivity index (χ2n) is 4.09. The number of sulfonamides is 1. The molecule has 0 aromatic carbocycles. The normalized spacial score (nSPS) is 13.3. The number of rotatable bonds is 5. The van der Waals surface area contributed by atoms with Gasteiger partial charge < -0.3 is 9.30 Å². The van der Waals surface area contributed by atoms with Crippen LogP contribution in [0.1, 0.15) is 30.8 Å². The van der Waals surface area contributed by atoms with Gasteiger partial charge in [-0.1, -0.05) is 6.92 Å². The molecule has 1 heterocycles. The zero-order valence-corrected chi connectivity index (χ0v) is 11.7. The molecule has 1 rings (SSSR count). The number of hydrogen-bond acceptors (Lipinski definition) is 4. The molecule has 1 atom stereocenters. The second kappa shape index (κ2) is 5.53. The topological polar surface area (TPSA) is 77.4 Å². The summed E-state index contributed by atoms with van der Waals surface area (Å²) in [6.45, 7) is 3.67. The molecule has 102 valence electrons. The summed E-state index contributed by atoms with van der Waals surface area (Å²) in [4.78, 5) is 11.5. The minimum absolute atomic E-state index is 0.0608. The Morgan fingerprint density at radius 3 is 2.67 bits per heavy atom. The molecule has 0 radical (unpaired) electrons. The number of aromatic nitrogens is 1. The van der Waals surface area contributed by atoms with Crippen LogP contribution in [0.15, 0.2) is 17.2 Å². The lowest BCUT2D eigenvalue weighted by Gasteiger charge is -2.10. The van der Waals surface area contributed by atoms with Gasteiger partial charge in [0.25, 0.3) is 0 Å². The van der Waals surface area contributed by atoms with Gasteiger partial charge in [-0.3, -0.25) is 0 Å². The van der Waals surface area contributed by atoms with Gasteiger partial charge in [-0.05, 0) is 19.4 Å². The minimum Gasteiger partial charge on any atom is -0.464 e. The lowest BCUT2D eigenvalue weighted by molar-refractivity contribution is 0.0590. The van der Waals surface area contributed by atoms with Gasteiger partial charge in [0.1, 0.15) is 10.6 Å². The SMILES string of the molecule is CC[C@H](C)NS(=O)(=O)c1cc(C(=O)OC)n(C)c1. The van der Waals surface area contributed by atoms with Gasteiger partial charge in [0, 0.05) is 19.3 Å². The van der Waals surface area contributed by atoms with Crippen molar-refractivity contribution in [1.29, 1.82) is 0 Å². The molecule has 0 aliphatic rings. The maximum absolute atomic E-state index is 12.0. The highest BCUT2D eigenvalue weighted by Gasteiger charge is 2.21. The summed E-state index contributed by atoms with van der Waals surface area (Å²) in [7, 11) is -0.751. The third-order valence-electron chi connectivity index (χ3n) is 2.65. The molecule has 0 amide bonds. The lowest BCUT2D eigenvalue weighted by atomic mass is 10.3. The fraction of sp³-hybridized carbons (Fsp3) is 0.545. The third-order valence-corrected chi connectivity index (χ3v) is 4.21. The van der Waals surface area contributed by atoms with E-state index >= 15 is 0 Å². The Hall–Kier alpha value is -1.34. The molecule has 0 saturated heterocycles. The Morgan fingerprint density at radius 1 is 1.56 bits per heavy atom. The van der Waals surface area contributed by atoms with Gasteiger partial charge in [-0.15, -0.1) is 0 Å². The van der Waals surface area contributed by atoms with Crippen LogP contribution in [0.5, 0.6) is 0 Å². The summed E-state index contributed by atoms with van der Waals surface area (Å²) in [6.07, 6.45) is 2.08. The first-order valence-electron chi connectivity index (χ1n) is 5.58. The van der Waals surface area contributed by atoms with Crippen molar-refractivity contribution >= 4 is 16.0 Å². The summed E-state index contributed by atoms with van der Waals surface area (Å²) < 4.78 is 32.5. The van der Waals surface area contributed by atoms with Crippen molar-refractivity contribution in [2.75, 3.05) is 7.11 Å². The number of nitrogens with one attached hydrogen (secondary N) is 1. The van der Waals surface area contributed by atoms with Gasteiger partial charge in [-0.25, -0.2) is 17.9 Å². The number of methoxy groups -OCH3 is 1. The molecule has 1 aromatic heterocycles. The molecular weight excluding hydrogens is 256 g/mol. The molecule has 0 aliphatic heterocycles. The van der Waals surface area contributed by atoms with E-state index in [1.54, 1.807) is 14.0 Å². The molecule has 0 unspecified atom stereocenters. The van der Waals surface area contributed by atoms with Crippen molar-refractivity contribution in [1.82, 2.24) is 9.29 Å². The van der Waals surface area contributed by atoms with Crippen LogP contribution in [-0.4, -0.2) is 32.1 Å². The summed E-state index contributed by atoms with van der Waals surface area (Å²) in [5.74, 6) is -0.567. The number of nitrogens with zero attached hydrogens (tertiary/aromatic N) is 1. The third kappa shape index (κ3) is 3.11. The monoisotopic (exact) mass is 274 g/mol. The molecule has 7 heteroatoms. The Balaban J connectivity index is 3.08. The van der Waals surface area contributed by atoms with Crippen LogP contribution in [0.3, 0.4) is 0 Å². The van der Waals surface area contributed by atoms with E-state index in [2.05, 4.69) is 9.46 Å². The van der Waals surface area contributed by atoms with Crippen LogP contribution in [-0.2, 0) is 21.8 Å². The lowest BCUT2D eigenvalue weighted by Crippen LogP contribution is -2.31. The van der Waals surface area contributed by atoms with Crippen LogP contribution in [0, 0.1) is 0 Å². The van der Waals surface area contributed by atoms with Crippen molar-refractivity contribution in [2.24, 2.45) is 7.05 Å². The van der Waals surface area contributed by atoms with Crippen LogP contribution < -0.4 is 4.72 Å². The predicted octanol–water partition coefficient (Wildman–Crippen LogP) is 0.888. The Morgan fingerprint density at radius 2 is 2.17 bits per heavy atom. The molecular formula is C11H18N2O4S. The highest BCUT2D eigenvalue weighted by Crippen LogP contribution is 2.14. The van der Waals surface area contributed by atoms with E-state index in [-0.39, 0.29) is 16.6 Å². The average Bonchev–Trinajstić information content (AvgIpc) is 2.70. The number of carbonyl (C=O) groups is 1. The fourth-order valence-electron chi connectivity index (χ4n) is 1.40. The zero-order valence-electron chi connectivity index (χ0n) is 10.9. The summed E-state index contributed by atoms with van der Waals surface area (Å²) >= 11 is 0. The standard InChI is InChI=1S/C11H18N2O4S/c1-5-8(2)12-18(15,16)9-6-10(11(14)17-4)13(3)7-9/h6-8,12H,5H2,1-4H3/t8-/m0/s1. The van der Waals surface area contributed by atoms with E-state index < -0.39 is 16.0 Å². The Labute approximate surface area is 107 Å². The van der Waals surface area contributed by atoms with Crippen molar-refractivity contribution in [3.63, 3.8) is 0 Å². The van der Waals surface area contributed by atoms with Crippen molar-refractivity contribution in [2.45, 2.75) is 31.2 Å². The molecule has 0 bridgehead atoms. The van der Waals surface area contributed by atoms with Crippen LogP contribution >= 0.6 is 0 Å². The van der Waals surface area contributed by atoms with Crippen molar-refractivity contribution < 1.29 is 17.9 Å². The first kappa shape index (κ1) is 14.7. The van der Waals surface area contributed by atoms with Crippen LogP contribution in [0.2, 0.25) is 0 Å². The zero-order chi connectivity index (χ0) is 13.9. The van der Waals surface area contributed by atoms with Gasteiger partial charge in [-0.2, -0.15) is 0 Å². The van der Waals surface area contributed by atoms with E-state index in [1.165, 1.54) is 23.9 Å². The number of ether oxygens (including phenoxy) is 1. The fourth-order valence-corrected chi connectivity index (χ4v) is 2.80. The second-order valence-corrected chi connectivity index (χ2v) is 5.81. The first-order valence-corrected chi connectivity index (χ1v) is 7.07.